The van der Waals surface area contributed by atoms with Gasteiger partial charge in [0.15, 0.2) is 6.10 Å². The van der Waals surface area contributed by atoms with Gasteiger partial charge in [-0.1, -0.05) is 0 Å². The van der Waals surface area contributed by atoms with Crippen molar-refractivity contribution in [3.05, 3.63) is 0 Å². The Labute approximate surface area is 82.9 Å². The monoisotopic (exact) mass is 226 g/mol. The van der Waals surface area contributed by atoms with Crippen LogP contribution in [0.2, 0.25) is 0 Å². The maximum atomic E-state index is 10.8. The molecule has 0 aliphatic carbocycles. The predicted molar refractivity (Wildman–Crippen MR) is 39.1 cm³/mol. The predicted octanol–water partition coefficient (Wildman–Crippen LogP) is -2.70. The summed E-state index contributed by atoms with van der Waals surface area (Å²) in [5.74, 6) is -1.39. The van der Waals surface area contributed by atoms with Gasteiger partial charge in [0, 0.05) is 0 Å². The van der Waals surface area contributed by atoms with Crippen molar-refractivity contribution in [3.63, 3.8) is 0 Å². The summed E-state index contributed by atoms with van der Waals surface area (Å²) in [6.07, 6.45) is -8.85. The van der Waals surface area contributed by atoms with Gasteiger partial charge in [-0.15, -0.1) is 0 Å². The van der Waals surface area contributed by atoms with E-state index in [4.69, 9.17) is 15.6 Å². The highest BCUT2D eigenvalue weighted by Gasteiger charge is 2.48. The minimum absolute atomic E-state index is 1.39. The average Bonchev–Trinajstić information content (AvgIpc) is 2.25. The van der Waals surface area contributed by atoms with Crippen LogP contribution in [0.5, 0.6) is 0 Å². The van der Waals surface area contributed by atoms with Crippen molar-refractivity contribution in [1.29, 1.82) is 0 Å². The molecule has 5 atom stereocenters. The number of rotatable bonds is 2. The zero-order valence-corrected chi connectivity index (χ0v) is 7.26. The highest BCUT2D eigenvalue weighted by molar-refractivity contribution is 5.75. The fourth-order valence-corrected chi connectivity index (χ4v) is 1.18. The quantitative estimate of drug-likeness (QED) is 0.250. The molecule has 0 saturated carbocycles. The summed E-state index contributed by atoms with van der Waals surface area (Å²) in [6, 6.07) is 0. The molecule has 9 nitrogen and oxygen atoms in total. The Kier molecular flexibility index (Phi) is 3.93. The van der Waals surface area contributed by atoms with Crippen molar-refractivity contribution in [3.8, 4) is 0 Å². The van der Waals surface area contributed by atoms with E-state index in [9.17, 15) is 15.0 Å². The van der Waals surface area contributed by atoms with Crippen LogP contribution in [0.15, 0.2) is 0 Å². The standard InChI is InChI=1S/C6H10O9/c7-1-2(8)4(5(10)14-11)13-6(15-12)3(1)9/h1-4,6-9,11-12H/t1-,2-,3+,4-,6?/m0/s1. The van der Waals surface area contributed by atoms with Crippen molar-refractivity contribution >= 4 is 5.97 Å². The van der Waals surface area contributed by atoms with Crippen LogP contribution in [-0.2, 0) is 19.3 Å². The molecule has 0 bridgehead atoms. The second-order valence-electron chi connectivity index (χ2n) is 2.91. The van der Waals surface area contributed by atoms with Crippen LogP contribution in [-0.4, -0.2) is 62.5 Å². The molecule has 1 aliphatic rings. The van der Waals surface area contributed by atoms with Crippen molar-refractivity contribution in [2.75, 3.05) is 0 Å². The molecule has 15 heavy (non-hydrogen) atoms. The molecular formula is C6H10O9. The smallest absolute Gasteiger partial charge is 0.373 e. The summed E-state index contributed by atoms with van der Waals surface area (Å²) < 4.78 is 4.52. The van der Waals surface area contributed by atoms with Gasteiger partial charge in [-0.05, 0) is 0 Å². The van der Waals surface area contributed by atoms with Crippen LogP contribution in [0.3, 0.4) is 0 Å². The summed E-state index contributed by atoms with van der Waals surface area (Å²) in [7, 11) is 0. The third-order valence-electron chi connectivity index (χ3n) is 2.00. The van der Waals surface area contributed by atoms with Gasteiger partial charge in [0.2, 0.25) is 6.29 Å². The Morgan fingerprint density at radius 1 is 1.07 bits per heavy atom. The van der Waals surface area contributed by atoms with E-state index in [-0.39, 0.29) is 0 Å². The number of ether oxygens (including phenoxy) is 1. The van der Waals surface area contributed by atoms with Crippen LogP contribution in [0, 0.1) is 0 Å². The number of carbonyl (C=O) groups is 1. The first kappa shape index (κ1) is 12.3. The Hall–Kier alpha value is -0.810. The zero-order chi connectivity index (χ0) is 11.6. The molecule has 1 heterocycles. The van der Waals surface area contributed by atoms with Gasteiger partial charge in [0.25, 0.3) is 0 Å². The van der Waals surface area contributed by atoms with Gasteiger partial charge in [0.05, 0.1) is 0 Å². The second-order valence-corrected chi connectivity index (χ2v) is 2.91. The number of hydrogen-bond donors (Lipinski definition) is 5. The zero-order valence-electron chi connectivity index (χ0n) is 7.26. The summed E-state index contributed by atoms with van der Waals surface area (Å²) in [5.41, 5.74) is 0. The third-order valence-corrected chi connectivity index (χ3v) is 2.00. The molecule has 0 radical (unpaired) electrons. The molecule has 1 rings (SSSR count). The van der Waals surface area contributed by atoms with Crippen LogP contribution >= 0.6 is 0 Å². The van der Waals surface area contributed by atoms with E-state index in [1.165, 1.54) is 0 Å². The molecule has 0 aromatic heterocycles. The van der Waals surface area contributed by atoms with Crippen LogP contribution < -0.4 is 0 Å². The minimum Gasteiger partial charge on any atom is -0.387 e. The average molecular weight is 226 g/mol. The van der Waals surface area contributed by atoms with Crippen molar-refractivity contribution < 1.29 is 45.1 Å². The first-order valence-electron chi connectivity index (χ1n) is 3.88. The molecule has 1 fully saturated rings. The van der Waals surface area contributed by atoms with E-state index >= 15 is 0 Å². The van der Waals surface area contributed by atoms with Gasteiger partial charge in [-0.2, -0.15) is 5.26 Å². The summed E-state index contributed by atoms with van der Waals surface area (Å²) in [4.78, 5) is 17.7. The molecule has 1 aliphatic heterocycles. The molecule has 5 N–H and O–H groups in total. The molecule has 0 amide bonds. The lowest BCUT2D eigenvalue weighted by Crippen LogP contribution is -2.60. The molecule has 1 saturated heterocycles. The largest absolute Gasteiger partial charge is 0.387 e. The summed E-state index contributed by atoms with van der Waals surface area (Å²) in [6.45, 7) is 0. The Balaban J connectivity index is 2.78. The Morgan fingerprint density at radius 3 is 2.13 bits per heavy atom. The van der Waals surface area contributed by atoms with E-state index in [0.717, 1.165) is 0 Å². The van der Waals surface area contributed by atoms with E-state index in [0.29, 0.717) is 0 Å². The fraction of sp³-hybridized carbons (Fsp3) is 0.833. The van der Waals surface area contributed by atoms with E-state index in [1.807, 2.05) is 0 Å². The summed E-state index contributed by atoms with van der Waals surface area (Å²) in [5, 5.41) is 43.9. The fourth-order valence-electron chi connectivity index (χ4n) is 1.18. The highest BCUT2D eigenvalue weighted by Crippen LogP contribution is 2.22. The first-order valence-corrected chi connectivity index (χ1v) is 3.88. The maximum Gasteiger partial charge on any atom is 0.373 e. The van der Waals surface area contributed by atoms with Gasteiger partial charge in [0.1, 0.15) is 18.3 Å². The number of hydrogen-bond acceptors (Lipinski definition) is 9. The van der Waals surface area contributed by atoms with Crippen molar-refractivity contribution in [1.82, 2.24) is 0 Å². The minimum atomic E-state index is -1.81. The number of aliphatic hydroxyl groups is 3. The lowest BCUT2D eigenvalue weighted by Gasteiger charge is -2.36. The normalized spacial score (nSPS) is 41.3. The molecule has 88 valence electrons. The van der Waals surface area contributed by atoms with Gasteiger partial charge in [-0.25, -0.2) is 14.9 Å². The van der Waals surface area contributed by atoms with E-state index in [1.54, 1.807) is 0 Å². The SMILES string of the molecule is O=C(OO)[C@H]1OC(OO)[C@H](O)[C@@H](O)[C@@H]1O. The lowest BCUT2D eigenvalue weighted by atomic mass is 9.99. The van der Waals surface area contributed by atoms with Gasteiger partial charge in [-0.3, -0.25) is 4.89 Å². The Bertz CT molecular complexity index is 229. The van der Waals surface area contributed by atoms with E-state index < -0.39 is 36.7 Å². The van der Waals surface area contributed by atoms with Gasteiger partial charge >= 0.3 is 5.97 Å². The van der Waals surface area contributed by atoms with Crippen LogP contribution in [0.1, 0.15) is 0 Å². The van der Waals surface area contributed by atoms with Crippen LogP contribution in [0.25, 0.3) is 0 Å². The molecule has 9 heteroatoms. The lowest BCUT2D eigenvalue weighted by molar-refractivity contribution is -0.402. The molecular weight excluding hydrogens is 216 g/mol. The van der Waals surface area contributed by atoms with Crippen molar-refractivity contribution in [2.45, 2.75) is 30.7 Å². The molecule has 1 unspecified atom stereocenters. The first-order chi connectivity index (χ1) is 7.02. The van der Waals surface area contributed by atoms with E-state index in [2.05, 4.69) is 14.5 Å². The number of carbonyl (C=O) groups excluding carboxylic acids is 1. The highest BCUT2D eigenvalue weighted by atomic mass is 17.1. The second kappa shape index (κ2) is 4.81. The Morgan fingerprint density at radius 2 is 1.67 bits per heavy atom. The maximum absolute atomic E-state index is 10.8. The molecule has 0 aromatic carbocycles. The van der Waals surface area contributed by atoms with Crippen molar-refractivity contribution in [2.24, 2.45) is 0 Å². The third kappa shape index (κ3) is 2.23. The molecule has 0 spiro atoms. The summed E-state index contributed by atoms with van der Waals surface area (Å²) >= 11 is 0. The topological polar surface area (TPSA) is 146 Å². The molecule has 0 aromatic rings. The van der Waals surface area contributed by atoms with Gasteiger partial charge < -0.3 is 20.1 Å². The van der Waals surface area contributed by atoms with Crippen LogP contribution in [0.4, 0.5) is 0 Å². The number of aliphatic hydroxyl groups excluding tert-OH is 3.